The summed E-state index contributed by atoms with van der Waals surface area (Å²) in [4.78, 5) is 46.1. The second-order valence-electron chi connectivity index (χ2n) is 15.1. The highest BCUT2D eigenvalue weighted by atomic mass is 32.1. The van der Waals surface area contributed by atoms with Crippen LogP contribution in [-0.2, 0) is 30.8 Å². The van der Waals surface area contributed by atoms with Crippen LogP contribution in [0.15, 0.2) is 91.0 Å². The number of nitrogens with zero attached hydrogens (tertiary/aromatic N) is 4. The first-order valence-electron chi connectivity index (χ1n) is 19.3. The number of anilines is 4. The highest BCUT2D eigenvalue weighted by Gasteiger charge is 2.38. The molecule has 11 nitrogen and oxygen atoms in total. The number of ether oxygens (including phenoxy) is 3. The van der Waals surface area contributed by atoms with Gasteiger partial charge in [-0.1, -0.05) is 36.4 Å². The molecule has 294 valence electrons. The van der Waals surface area contributed by atoms with Crippen molar-refractivity contribution in [1.29, 1.82) is 0 Å². The lowest BCUT2D eigenvalue weighted by molar-refractivity contribution is -0.401. The highest BCUT2D eigenvalue weighted by molar-refractivity contribution is 7.81. The van der Waals surface area contributed by atoms with Gasteiger partial charge in [0.05, 0.1) is 35.8 Å². The van der Waals surface area contributed by atoms with E-state index >= 15 is 0 Å². The zero-order valence-electron chi connectivity index (χ0n) is 32.7. The standard InChI is InChI=1S/C46H43N5O6S/c1-27-13-35-37(47-22-33-17-30-9-5-7-11-38(30)50(33)45(35)53)20-41(27)56-24-28-14-29(16-32(15-28)49(3)44(52)26-58)25-57-43-21-40-36(19-42(43)55-4)46(54)51-34(23-48(40)2)18-31-10-6-8-12-39(31)51/h5-16,19-21,33-34,47,58H,17-18,22,24-26H2,1-4H3/t33-,34-/m0/s1. The minimum Gasteiger partial charge on any atom is -0.493 e. The van der Waals surface area contributed by atoms with Crippen molar-refractivity contribution in [2.75, 3.05) is 53.5 Å². The Morgan fingerprint density at radius 1 is 0.845 bits per heavy atom. The third kappa shape index (κ3) is 6.51. The van der Waals surface area contributed by atoms with Gasteiger partial charge in [0, 0.05) is 54.5 Å². The maximum absolute atomic E-state index is 14.1. The van der Waals surface area contributed by atoms with Gasteiger partial charge in [-0.2, -0.15) is 12.6 Å². The number of fused-ring (bicyclic) bond motifs is 8. The molecule has 5 aromatic rings. The van der Waals surface area contributed by atoms with Crippen molar-refractivity contribution in [3.05, 3.63) is 130 Å². The number of carbonyl (C=O) groups is 3. The van der Waals surface area contributed by atoms with E-state index in [4.69, 9.17) is 14.2 Å². The zero-order valence-corrected chi connectivity index (χ0v) is 33.6. The lowest BCUT2D eigenvalue weighted by Gasteiger charge is -2.23. The van der Waals surface area contributed by atoms with Gasteiger partial charge in [-0.05, 0) is 96.1 Å². The average molecular weight is 794 g/mol. The first kappa shape index (κ1) is 37.3. The zero-order chi connectivity index (χ0) is 40.2. The third-order valence-electron chi connectivity index (χ3n) is 11.5. The van der Waals surface area contributed by atoms with E-state index in [1.807, 2.05) is 102 Å². The minimum atomic E-state index is -0.234. The number of benzene rings is 5. The molecule has 0 aliphatic carbocycles. The topological polar surface area (TPSA) is 104 Å². The average Bonchev–Trinajstić information content (AvgIpc) is 3.74. The van der Waals surface area contributed by atoms with Gasteiger partial charge in [0.15, 0.2) is 5.75 Å². The van der Waals surface area contributed by atoms with Gasteiger partial charge < -0.3 is 38.8 Å². The van der Waals surface area contributed by atoms with Crippen molar-refractivity contribution in [2.45, 2.75) is 45.1 Å². The Bertz CT molecular complexity index is 2550. The predicted molar refractivity (Wildman–Crippen MR) is 227 cm³/mol. The van der Waals surface area contributed by atoms with Gasteiger partial charge in [-0.3, -0.25) is 14.4 Å². The number of aryl methyl sites for hydroxylation is 1. The van der Waals surface area contributed by atoms with Gasteiger partial charge in [0.25, 0.3) is 5.91 Å². The number of hydrogen-bond donors (Lipinski definition) is 2. The number of carbonyl (C=O) groups excluding carboxylic acids is 3. The van der Waals surface area contributed by atoms with E-state index in [2.05, 4.69) is 30.2 Å². The third-order valence-corrected chi connectivity index (χ3v) is 11.8. The summed E-state index contributed by atoms with van der Waals surface area (Å²) in [7, 11) is 5.16. The summed E-state index contributed by atoms with van der Waals surface area (Å²) in [6, 6.07) is 29.0. The molecule has 1 N–H and O–H groups in total. The molecule has 4 aliphatic heterocycles. The Kier molecular flexibility index (Phi) is 9.59. The second kappa shape index (κ2) is 14.9. The van der Waals surface area contributed by atoms with Gasteiger partial charge in [-0.15, -0.1) is 0 Å². The number of hydrogen-bond acceptors (Lipinski definition) is 8. The fourth-order valence-corrected chi connectivity index (χ4v) is 8.74. The molecule has 0 radical (unpaired) electrons. The van der Waals surface area contributed by atoms with Crippen molar-refractivity contribution in [3.8, 4) is 17.2 Å². The summed E-state index contributed by atoms with van der Waals surface area (Å²) in [5, 5.41) is 3.51. The van der Waals surface area contributed by atoms with Gasteiger partial charge >= 0.3 is 0 Å². The Labute approximate surface area is 342 Å². The summed E-state index contributed by atoms with van der Waals surface area (Å²) in [5.74, 6) is 1.26. The van der Waals surface area contributed by atoms with E-state index in [1.165, 1.54) is 5.56 Å². The molecule has 9 rings (SSSR count). The molecule has 12 heteroatoms. The molecule has 0 bridgehead atoms. The van der Waals surface area contributed by atoms with E-state index in [0.29, 0.717) is 52.7 Å². The summed E-state index contributed by atoms with van der Waals surface area (Å²) < 4.78 is 20.5. The fraction of sp³-hybridized carbons (Fsp3) is 0.261. The Morgan fingerprint density at radius 3 is 2.21 bits per heavy atom. The molecular weight excluding hydrogens is 751 g/mol. The monoisotopic (exact) mass is 793 g/mol. The molecule has 0 saturated carbocycles. The maximum Gasteiger partial charge on any atom is 0.260 e. The summed E-state index contributed by atoms with van der Waals surface area (Å²) in [5.41, 5.74) is 9.76. The summed E-state index contributed by atoms with van der Waals surface area (Å²) in [6.45, 7) is 2.89. The molecule has 0 fully saturated rings. The fourth-order valence-electron chi connectivity index (χ4n) is 8.53. The molecule has 5 aromatic carbocycles. The molecule has 4 aliphatic rings. The van der Waals surface area contributed by atoms with Crippen LogP contribution in [0.25, 0.3) is 0 Å². The van der Waals surface area contributed by atoms with E-state index in [-0.39, 0.29) is 48.8 Å². The number of amides is 3. The van der Waals surface area contributed by atoms with Crippen LogP contribution in [0.3, 0.4) is 0 Å². The SMILES string of the molecule is COc1cc2c(cc1OCc1cc(COc3cc4c(cc3C)C(=O)N3c5ccccc5C[C@H]3CN4)cc(N(C)C(=O)CS)c1)[N+](C)=[C-][C@@H]1Cc3ccccc3N1C2=O. The number of rotatable bonds is 9. The summed E-state index contributed by atoms with van der Waals surface area (Å²) in [6.07, 6.45) is 4.97. The highest BCUT2D eigenvalue weighted by Crippen LogP contribution is 2.42. The molecule has 0 spiro atoms. The van der Waals surface area contributed by atoms with Gasteiger partial charge in [0.2, 0.25) is 11.8 Å². The number of nitrogens with one attached hydrogen (secondary N) is 1. The van der Waals surface area contributed by atoms with Gasteiger partial charge in [-0.25, -0.2) is 0 Å². The summed E-state index contributed by atoms with van der Waals surface area (Å²) >= 11 is 4.23. The van der Waals surface area contributed by atoms with Crippen LogP contribution in [0.1, 0.15) is 48.5 Å². The van der Waals surface area contributed by atoms with E-state index in [9.17, 15) is 14.4 Å². The molecule has 0 aromatic heterocycles. The van der Waals surface area contributed by atoms with Crippen molar-refractivity contribution in [1.82, 2.24) is 0 Å². The Balaban J connectivity index is 0.973. The molecule has 0 unspecified atom stereocenters. The van der Waals surface area contributed by atoms with E-state index in [1.54, 1.807) is 30.0 Å². The Morgan fingerprint density at radius 2 is 1.50 bits per heavy atom. The van der Waals surface area contributed by atoms with Crippen molar-refractivity contribution < 1.29 is 33.2 Å². The lowest BCUT2D eigenvalue weighted by atomic mass is 10.1. The minimum absolute atomic E-state index is 0.0226. The molecule has 0 saturated heterocycles. The van der Waals surface area contributed by atoms with Crippen LogP contribution in [0.4, 0.5) is 28.4 Å². The smallest absolute Gasteiger partial charge is 0.260 e. The number of thiol groups is 1. The normalized spacial score (nSPS) is 17.4. The van der Waals surface area contributed by atoms with Crippen molar-refractivity contribution in [3.63, 3.8) is 0 Å². The predicted octanol–water partition coefficient (Wildman–Crippen LogP) is 6.86. The molecular formula is C46H43N5O6S. The quantitative estimate of drug-likeness (QED) is 0.0956. The molecule has 58 heavy (non-hydrogen) atoms. The van der Waals surface area contributed by atoms with Gasteiger partial charge in [0.1, 0.15) is 31.8 Å². The van der Waals surface area contributed by atoms with Crippen LogP contribution in [0.5, 0.6) is 17.2 Å². The first-order valence-corrected chi connectivity index (χ1v) is 19.9. The molecule has 2 atom stereocenters. The molecule has 3 amide bonds. The van der Waals surface area contributed by atoms with Crippen LogP contribution in [-0.4, -0.2) is 74.1 Å². The van der Waals surface area contributed by atoms with Crippen LogP contribution in [0.2, 0.25) is 0 Å². The van der Waals surface area contributed by atoms with E-state index in [0.717, 1.165) is 45.7 Å². The van der Waals surface area contributed by atoms with Crippen LogP contribution < -0.4 is 34.2 Å². The van der Waals surface area contributed by atoms with E-state index < -0.39 is 0 Å². The molecule has 4 heterocycles. The largest absolute Gasteiger partial charge is 0.493 e. The number of para-hydroxylation sites is 2. The van der Waals surface area contributed by atoms with Crippen molar-refractivity contribution in [2.24, 2.45) is 0 Å². The Hall–Kier alpha value is -6.27. The van der Waals surface area contributed by atoms with Crippen LogP contribution >= 0.6 is 12.6 Å². The van der Waals surface area contributed by atoms with Crippen LogP contribution in [0, 0.1) is 6.92 Å². The second-order valence-corrected chi connectivity index (χ2v) is 15.5. The lowest BCUT2D eigenvalue weighted by Crippen LogP contribution is -2.39. The maximum atomic E-state index is 14.1. The van der Waals surface area contributed by atoms with Crippen molar-refractivity contribution >= 4 is 65.0 Å². The first-order chi connectivity index (χ1) is 28.1. The number of methoxy groups -OCH3 is 1.